The third-order valence-electron chi connectivity index (χ3n) is 4.67. The fourth-order valence-corrected chi connectivity index (χ4v) is 3.47. The van der Waals surface area contributed by atoms with E-state index in [0.717, 1.165) is 15.5 Å². The van der Waals surface area contributed by atoms with E-state index >= 15 is 0 Å². The molecule has 3 aromatic rings. The van der Waals surface area contributed by atoms with E-state index in [9.17, 15) is 4.39 Å². The molecule has 4 rings (SSSR count). The molecule has 0 radical (unpaired) electrons. The molecule has 0 bridgehead atoms. The van der Waals surface area contributed by atoms with Crippen LogP contribution in [0.2, 0.25) is 0 Å². The molecule has 3 heterocycles. The number of nitrogens with two attached hydrogens (primary N) is 1. The molecule has 1 aliphatic rings. The first-order chi connectivity index (χ1) is 13.0. The molecule has 0 saturated carbocycles. The largest absolute Gasteiger partial charge is 0.340 e. The van der Waals surface area contributed by atoms with Crippen LogP contribution in [0.1, 0.15) is 12.2 Å². The highest BCUT2D eigenvalue weighted by Crippen LogP contribution is 2.29. The van der Waals surface area contributed by atoms with Gasteiger partial charge in [-0.1, -0.05) is 6.07 Å². The lowest BCUT2D eigenvalue weighted by molar-refractivity contribution is 0.243. The Kier molecular flexibility index (Phi) is 4.76. The molecule has 0 spiro atoms. The van der Waals surface area contributed by atoms with Gasteiger partial charge in [-0.2, -0.15) is 0 Å². The zero-order chi connectivity index (χ0) is 19.0. The molecule has 9 heteroatoms. The molecule has 0 aliphatic carbocycles. The Labute approximate surface area is 164 Å². The number of nitrogens with zero attached hydrogens (tertiary/aromatic N) is 6. The molecular weight excluding hydrogens is 413 g/mol. The summed E-state index contributed by atoms with van der Waals surface area (Å²) in [5, 5.41) is 0. The number of anilines is 1. The number of piperidine rings is 1. The van der Waals surface area contributed by atoms with Gasteiger partial charge in [0, 0.05) is 25.5 Å². The van der Waals surface area contributed by atoms with Gasteiger partial charge < -0.3 is 15.2 Å². The Bertz CT molecular complexity index is 1010. The van der Waals surface area contributed by atoms with Gasteiger partial charge in [0.2, 0.25) is 5.95 Å². The second-order valence-corrected chi connectivity index (χ2v) is 7.43. The standard InChI is InChI=1S/C18H17BrFN7/c1-22-12-2-3-15-16(6-12)27(10-17-23-7-11(19)8-24-17)18(25-15)26-5-4-13(20)14(21)9-26/h2-3,6-8,13-14H,4-5,9-10,21H2/t13-,14-/m1/s1. The van der Waals surface area contributed by atoms with Crippen LogP contribution in [0.4, 0.5) is 16.0 Å². The monoisotopic (exact) mass is 429 g/mol. The second-order valence-electron chi connectivity index (χ2n) is 6.51. The zero-order valence-corrected chi connectivity index (χ0v) is 16.0. The van der Waals surface area contributed by atoms with Crippen molar-refractivity contribution in [3.8, 4) is 0 Å². The van der Waals surface area contributed by atoms with Crippen LogP contribution in [0, 0.1) is 6.57 Å². The van der Waals surface area contributed by atoms with Crippen molar-refractivity contribution in [1.29, 1.82) is 0 Å². The molecule has 138 valence electrons. The van der Waals surface area contributed by atoms with Gasteiger partial charge in [-0.25, -0.2) is 24.2 Å². The summed E-state index contributed by atoms with van der Waals surface area (Å²) in [6, 6.07) is 4.83. The smallest absolute Gasteiger partial charge is 0.206 e. The number of hydrogen-bond donors (Lipinski definition) is 1. The fourth-order valence-electron chi connectivity index (χ4n) is 3.26. The minimum absolute atomic E-state index is 0.368. The lowest BCUT2D eigenvalue weighted by atomic mass is 10.1. The molecule has 1 saturated heterocycles. The molecule has 2 aromatic heterocycles. The maximum atomic E-state index is 13.8. The van der Waals surface area contributed by atoms with Gasteiger partial charge in [-0.3, -0.25) is 0 Å². The minimum atomic E-state index is -0.998. The molecule has 1 fully saturated rings. The normalized spacial score (nSPS) is 20.0. The Balaban J connectivity index is 1.79. The highest BCUT2D eigenvalue weighted by molar-refractivity contribution is 9.10. The number of alkyl halides is 1. The van der Waals surface area contributed by atoms with Crippen molar-refractivity contribution in [3.63, 3.8) is 0 Å². The van der Waals surface area contributed by atoms with E-state index in [4.69, 9.17) is 17.3 Å². The van der Waals surface area contributed by atoms with E-state index in [0.29, 0.717) is 43.5 Å². The third kappa shape index (κ3) is 3.50. The topological polar surface area (TPSA) is 77.2 Å². The molecule has 1 aliphatic heterocycles. The summed E-state index contributed by atoms with van der Waals surface area (Å²) in [4.78, 5) is 18.9. The first-order valence-electron chi connectivity index (χ1n) is 8.54. The summed E-state index contributed by atoms with van der Waals surface area (Å²) in [5.41, 5.74) is 8.06. The van der Waals surface area contributed by atoms with Gasteiger partial charge in [-0.05, 0) is 34.5 Å². The number of aromatic nitrogens is 4. The van der Waals surface area contributed by atoms with Gasteiger partial charge in [0.15, 0.2) is 5.69 Å². The summed E-state index contributed by atoms with van der Waals surface area (Å²) in [6.45, 7) is 8.60. The number of halogens is 2. The SMILES string of the molecule is [C-]#[N+]c1ccc2nc(N3CC[C@@H](F)[C@H](N)C3)n(Cc3ncc(Br)cn3)c2c1. The summed E-state index contributed by atoms with van der Waals surface area (Å²) in [7, 11) is 0. The van der Waals surface area contributed by atoms with Crippen LogP contribution in [0.25, 0.3) is 15.9 Å². The van der Waals surface area contributed by atoms with E-state index < -0.39 is 12.2 Å². The molecule has 0 amide bonds. The van der Waals surface area contributed by atoms with Crippen LogP contribution in [0.5, 0.6) is 0 Å². The van der Waals surface area contributed by atoms with Crippen LogP contribution in [-0.2, 0) is 6.54 Å². The van der Waals surface area contributed by atoms with Crippen molar-refractivity contribution in [3.05, 3.63) is 52.3 Å². The maximum absolute atomic E-state index is 13.8. The van der Waals surface area contributed by atoms with Gasteiger partial charge >= 0.3 is 0 Å². The highest BCUT2D eigenvalue weighted by atomic mass is 79.9. The molecule has 27 heavy (non-hydrogen) atoms. The zero-order valence-electron chi connectivity index (χ0n) is 14.4. The predicted octanol–water partition coefficient (Wildman–Crippen LogP) is 3.06. The Morgan fingerprint density at radius 2 is 2.11 bits per heavy atom. The van der Waals surface area contributed by atoms with Crippen LogP contribution in [0.3, 0.4) is 0 Å². The van der Waals surface area contributed by atoms with Crippen molar-refractivity contribution in [1.82, 2.24) is 19.5 Å². The van der Waals surface area contributed by atoms with Gasteiger partial charge in [-0.15, -0.1) is 0 Å². The fraction of sp³-hybridized carbons (Fsp3) is 0.333. The third-order valence-corrected chi connectivity index (χ3v) is 5.08. The van der Waals surface area contributed by atoms with Gasteiger partial charge in [0.25, 0.3) is 0 Å². The number of hydrogen-bond acceptors (Lipinski definition) is 5. The first kappa shape index (κ1) is 17.8. The number of fused-ring (bicyclic) bond motifs is 1. The average Bonchev–Trinajstić information content (AvgIpc) is 3.03. The molecule has 7 nitrogen and oxygen atoms in total. The van der Waals surface area contributed by atoms with Gasteiger partial charge in [0.05, 0.1) is 34.7 Å². The molecule has 0 unspecified atom stereocenters. The van der Waals surface area contributed by atoms with E-state index in [-0.39, 0.29) is 0 Å². The summed E-state index contributed by atoms with van der Waals surface area (Å²) in [5.74, 6) is 1.32. The van der Waals surface area contributed by atoms with Crippen LogP contribution in [0.15, 0.2) is 35.1 Å². The first-order valence-corrected chi connectivity index (χ1v) is 9.33. The maximum Gasteiger partial charge on any atom is 0.206 e. The lowest BCUT2D eigenvalue weighted by Crippen LogP contribution is -2.50. The van der Waals surface area contributed by atoms with E-state index in [1.807, 2.05) is 15.5 Å². The van der Waals surface area contributed by atoms with Crippen molar-refractivity contribution >= 4 is 38.6 Å². The van der Waals surface area contributed by atoms with Crippen molar-refractivity contribution in [2.75, 3.05) is 18.0 Å². The highest BCUT2D eigenvalue weighted by Gasteiger charge is 2.29. The second kappa shape index (κ2) is 7.21. The number of benzene rings is 1. The Hall–Kier alpha value is -2.57. The van der Waals surface area contributed by atoms with Crippen LogP contribution >= 0.6 is 15.9 Å². The van der Waals surface area contributed by atoms with E-state index in [2.05, 4.69) is 30.7 Å². The molecular formula is C18H17BrFN7. The summed E-state index contributed by atoms with van der Waals surface area (Å²) >= 11 is 3.34. The lowest BCUT2D eigenvalue weighted by Gasteiger charge is -2.34. The molecule has 2 atom stereocenters. The molecule has 1 aromatic carbocycles. The predicted molar refractivity (Wildman–Crippen MR) is 105 cm³/mol. The van der Waals surface area contributed by atoms with E-state index in [1.165, 1.54) is 0 Å². The van der Waals surface area contributed by atoms with Crippen LogP contribution < -0.4 is 10.6 Å². The summed E-state index contributed by atoms with van der Waals surface area (Å²) < 4.78 is 16.6. The van der Waals surface area contributed by atoms with Crippen molar-refractivity contribution < 1.29 is 4.39 Å². The van der Waals surface area contributed by atoms with Crippen LogP contribution in [-0.4, -0.2) is 44.8 Å². The Morgan fingerprint density at radius 3 is 2.81 bits per heavy atom. The van der Waals surface area contributed by atoms with Crippen molar-refractivity contribution in [2.45, 2.75) is 25.2 Å². The minimum Gasteiger partial charge on any atom is -0.340 e. The van der Waals surface area contributed by atoms with Gasteiger partial charge in [0.1, 0.15) is 12.0 Å². The van der Waals surface area contributed by atoms with E-state index in [1.54, 1.807) is 24.5 Å². The number of imidazole rings is 1. The number of rotatable bonds is 3. The summed E-state index contributed by atoms with van der Waals surface area (Å²) in [6.07, 6.45) is 2.75. The van der Waals surface area contributed by atoms with Crippen molar-refractivity contribution in [2.24, 2.45) is 5.73 Å². The molecule has 2 N–H and O–H groups in total. The quantitative estimate of drug-likeness (QED) is 0.647. The Morgan fingerprint density at radius 1 is 1.33 bits per heavy atom. The average molecular weight is 430 g/mol.